The van der Waals surface area contributed by atoms with Crippen molar-refractivity contribution in [3.8, 4) is 6.07 Å². The van der Waals surface area contributed by atoms with E-state index >= 15 is 0 Å². The molecule has 3 rings (SSSR count). The first kappa shape index (κ1) is 17.0. The first-order chi connectivity index (χ1) is 11.6. The summed E-state index contributed by atoms with van der Waals surface area (Å²) in [6, 6.07) is 8.05. The molecule has 0 bridgehead atoms. The molecule has 0 amide bonds. The second kappa shape index (κ2) is 7.35. The summed E-state index contributed by atoms with van der Waals surface area (Å²) in [7, 11) is 0. The molecule has 6 heteroatoms. The average Bonchev–Trinajstić information content (AvgIpc) is 3.15. The van der Waals surface area contributed by atoms with Gasteiger partial charge in [0.05, 0.1) is 18.2 Å². The average molecular weight is 359 g/mol. The lowest BCUT2D eigenvalue weighted by Gasteiger charge is -2.12. The van der Waals surface area contributed by atoms with Crippen molar-refractivity contribution in [3.63, 3.8) is 0 Å². The Hall–Kier alpha value is -1.87. The summed E-state index contributed by atoms with van der Waals surface area (Å²) in [6.45, 7) is 2.83. The molecular formula is C18H19ClN4S. The van der Waals surface area contributed by atoms with Gasteiger partial charge in [-0.3, -0.25) is 0 Å². The minimum Gasteiger partial charge on any atom is -0.380 e. The molecule has 0 radical (unpaired) electrons. The van der Waals surface area contributed by atoms with Crippen molar-refractivity contribution in [2.24, 2.45) is 5.73 Å². The van der Waals surface area contributed by atoms with Crippen molar-refractivity contribution < 1.29 is 0 Å². The molecule has 0 fully saturated rings. The number of thiophene rings is 1. The highest BCUT2D eigenvalue weighted by atomic mass is 35.5. The highest BCUT2D eigenvalue weighted by Gasteiger charge is 2.24. The Morgan fingerprint density at radius 3 is 3.08 bits per heavy atom. The zero-order valence-corrected chi connectivity index (χ0v) is 15.0. The van der Waals surface area contributed by atoms with Crippen molar-refractivity contribution in [3.05, 3.63) is 50.4 Å². The van der Waals surface area contributed by atoms with Crippen LogP contribution in [0.4, 0.5) is 5.69 Å². The van der Waals surface area contributed by atoms with Crippen LogP contribution in [0.25, 0.3) is 5.57 Å². The van der Waals surface area contributed by atoms with Crippen molar-refractivity contribution in [2.75, 3.05) is 5.32 Å². The number of allylic oxidation sites excluding steroid dienone is 1. The van der Waals surface area contributed by atoms with Gasteiger partial charge < -0.3 is 11.1 Å². The van der Waals surface area contributed by atoms with Gasteiger partial charge in [-0.05, 0) is 42.9 Å². The SMILES string of the molecule is CC1=C(C[C@@H](N)CC#N)Cc2c(NCc3cccs3)cc(Cl)nc21. The van der Waals surface area contributed by atoms with Crippen molar-refractivity contribution >= 4 is 34.2 Å². The molecule has 0 aromatic carbocycles. The fraction of sp³-hybridized carbons (Fsp3) is 0.333. The lowest BCUT2D eigenvalue weighted by atomic mass is 10.0. The van der Waals surface area contributed by atoms with E-state index in [0.29, 0.717) is 11.6 Å². The summed E-state index contributed by atoms with van der Waals surface area (Å²) in [5.41, 5.74) is 11.6. The number of aromatic nitrogens is 1. The minimum absolute atomic E-state index is 0.132. The monoisotopic (exact) mass is 358 g/mol. The van der Waals surface area contributed by atoms with Gasteiger partial charge in [0, 0.05) is 28.7 Å². The molecule has 0 aliphatic heterocycles. The molecule has 2 aromatic rings. The van der Waals surface area contributed by atoms with E-state index in [1.165, 1.54) is 16.0 Å². The fourth-order valence-corrected chi connectivity index (χ4v) is 3.87. The number of pyridine rings is 1. The number of rotatable bonds is 6. The van der Waals surface area contributed by atoms with Crippen LogP contribution in [0.2, 0.25) is 5.15 Å². The summed E-state index contributed by atoms with van der Waals surface area (Å²) in [5.74, 6) is 0. The molecule has 2 heterocycles. The number of fused-ring (bicyclic) bond motifs is 1. The van der Waals surface area contributed by atoms with Crippen LogP contribution in [0.15, 0.2) is 29.2 Å². The largest absolute Gasteiger partial charge is 0.380 e. The van der Waals surface area contributed by atoms with Crippen molar-refractivity contribution in [1.82, 2.24) is 4.98 Å². The van der Waals surface area contributed by atoms with Crippen LogP contribution < -0.4 is 11.1 Å². The number of hydrogen-bond donors (Lipinski definition) is 2. The number of anilines is 1. The van der Waals surface area contributed by atoms with E-state index in [1.54, 1.807) is 11.3 Å². The lowest BCUT2D eigenvalue weighted by Crippen LogP contribution is -2.19. The third kappa shape index (κ3) is 3.62. The summed E-state index contributed by atoms with van der Waals surface area (Å²) < 4.78 is 0. The summed E-state index contributed by atoms with van der Waals surface area (Å²) in [4.78, 5) is 5.78. The van der Waals surface area contributed by atoms with Gasteiger partial charge in [0.25, 0.3) is 0 Å². The lowest BCUT2D eigenvalue weighted by molar-refractivity contribution is 0.674. The first-order valence-electron chi connectivity index (χ1n) is 7.85. The van der Waals surface area contributed by atoms with Gasteiger partial charge in [-0.25, -0.2) is 4.98 Å². The molecule has 0 saturated carbocycles. The third-order valence-corrected chi connectivity index (χ3v) is 5.33. The zero-order valence-electron chi connectivity index (χ0n) is 13.5. The highest BCUT2D eigenvalue weighted by molar-refractivity contribution is 7.09. The van der Waals surface area contributed by atoms with Crippen molar-refractivity contribution in [2.45, 2.75) is 38.8 Å². The molecular weight excluding hydrogens is 340 g/mol. The Morgan fingerprint density at radius 2 is 2.38 bits per heavy atom. The topological polar surface area (TPSA) is 74.7 Å². The van der Waals surface area contributed by atoms with Gasteiger partial charge in [-0.1, -0.05) is 23.2 Å². The minimum atomic E-state index is -0.132. The Kier molecular flexibility index (Phi) is 5.20. The maximum Gasteiger partial charge on any atom is 0.131 e. The quantitative estimate of drug-likeness (QED) is 0.752. The summed E-state index contributed by atoms with van der Waals surface area (Å²) in [6.07, 6.45) is 1.90. The first-order valence-corrected chi connectivity index (χ1v) is 9.11. The molecule has 124 valence electrons. The number of nitrogens with zero attached hydrogens (tertiary/aromatic N) is 2. The van der Waals surface area contributed by atoms with E-state index in [4.69, 9.17) is 22.6 Å². The van der Waals surface area contributed by atoms with Crippen LogP contribution in [0.5, 0.6) is 0 Å². The normalized spacial score (nSPS) is 14.4. The van der Waals surface area contributed by atoms with Crippen LogP contribution in [-0.2, 0) is 13.0 Å². The molecule has 0 unspecified atom stereocenters. The van der Waals surface area contributed by atoms with Gasteiger partial charge in [-0.15, -0.1) is 11.3 Å². The Labute approximate surface area is 151 Å². The van der Waals surface area contributed by atoms with Crippen LogP contribution in [-0.4, -0.2) is 11.0 Å². The van der Waals surface area contributed by atoms with Gasteiger partial charge in [0.15, 0.2) is 0 Å². The highest BCUT2D eigenvalue weighted by Crippen LogP contribution is 2.38. The van der Waals surface area contributed by atoms with E-state index in [0.717, 1.165) is 36.3 Å². The maximum absolute atomic E-state index is 8.81. The summed E-state index contributed by atoms with van der Waals surface area (Å²) >= 11 is 7.94. The number of hydrogen-bond acceptors (Lipinski definition) is 5. The van der Waals surface area contributed by atoms with E-state index < -0.39 is 0 Å². The maximum atomic E-state index is 8.81. The molecule has 3 N–H and O–H groups in total. The molecule has 2 aromatic heterocycles. The van der Waals surface area contributed by atoms with Crippen LogP contribution in [0.3, 0.4) is 0 Å². The van der Waals surface area contributed by atoms with E-state index in [1.807, 2.05) is 12.1 Å². The van der Waals surface area contributed by atoms with Gasteiger partial charge in [0.1, 0.15) is 5.15 Å². The molecule has 1 aliphatic rings. The molecule has 1 aliphatic carbocycles. The van der Waals surface area contributed by atoms with E-state index in [-0.39, 0.29) is 6.04 Å². The standard InChI is InChI=1S/C18H19ClN4S/c1-11-12(7-13(21)4-5-20)8-15-16(9-17(19)23-18(11)15)22-10-14-3-2-6-24-14/h2-3,6,9,13H,4,7-8,10,21H2,1H3,(H,22,23)/t13-/m0/s1. The van der Waals surface area contributed by atoms with Crippen molar-refractivity contribution in [1.29, 1.82) is 5.26 Å². The smallest absolute Gasteiger partial charge is 0.131 e. The third-order valence-electron chi connectivity index (χ3n) is 4.26. The Morgan fingerprint density at radius 1 is 1.54 bits per heavy atom. The van der Waals surface area contributed by atoms with Gasteiger partial charge in [-0.2, -0.15) is 5.26 Å². The van der Waals surface area contributed by atoms with Gasteiger partial charge in [0.2, 0.25) is 0 Å². The predicted octanol–water partition coefficient (Wildman–Crippen LogP) is 4.37. The molecule has 0 spiro atoms. The van der Waals surface area contributed by atoms with Crippen LogP contribution >= 0.6 is 22.9 Å². The second-order valence-electron chi connectivity index (χ2n) is 5.98. The van der Waals surface area contributed by atoms with Gasteiger partial charge >= 0.3 is 0 Å². The number of nitriles is 1. The molecule has 24 heavy (non-hydrogen) atoms. The van der Waals surface area contributed by atoms with E-state index in [2.05, 4.69) is 34.7 Å². The Balaban J connectivity index is 1.81. The molecule has 1 atom stereocenters. The van der Waals surface area contributed by atoms with Crippen LogP contribution in [0, 0.1) is 11.3 Å². The predicted molar refractivity (Wildman–Crippen MR) is 100 cm³/mol. The van der Waals surface area contributed by atoms with E-state index in [9.17, 15) is 0 Å². The van der Waals surface area contributed by atoms with Crippen LogP contribution in [0.1, 0.15) is 35.9 Å². The second-order valence-corrected chi connectivity index (χ2v) is 7.40. The number of halogens is 1. The molecule has 4 nitrogen and oxygen atoms in total. The summed E-state index contributed by atoms with van der Waals surface area (Å²) in [5, 5.41) is 14.9. The fourth-order valence-electron chi connectivity index (χ4n) is 3.03. The molecule has 0 saturated heterocycles. The number of nitrogens with one attached hydrogen (secondary N) is 1. The number of nitrogens with two attached hydrogens (primary N) is 1. The zero-order chi connectivity index (χ0) is 17.1. The Bertz CT molecular complexity index is 805.